The van der Waals surface area contributed by atoms with Crippen LogP contribution in [0.5, 0.6) is 0 Å². The van der Waals surface area contributed by atoms with Crippen LogP contribution in [-0.2, 0) is 10.0 Å². The van der Waals surface area contributed by atoms with Gasteiger partial charge in [-0.2, -0.15) is 0 Å². The predicted molar refractivity (Wildman–Crippen MR) is 77.3 cm³/mol. The molecular weight excluding hydrogens is 349 g/mol. The third-order valence-corrected chi connectivity index (χ3v) is 5.51. The van der Waals surface area contributed by atoms with E-state index in [9.17, 15) is 17.9 Å². The second-order valence-electron chi connectivity index (χ2n) is 5.10. The van der Waals surface area contributed by atoms with Gasteiger partial charge in [0, 0.05) is 11.0 Å². The monoisotopic (exact) mass is 365 g/mol. The van der Waals surface area contributed by atoms with Crippen molar-refractivity contribution in [3.05, 3.63) is 28.5 Å². The number of sulfonamides is 1. The largest absolute Gasteiger partial charge is 0.393 e. The molecule has 20 heavy (non-hydrogen) atoms. The maximum atomic E-state index is 13.7. The Balaban J connectivity index is 2.00. The first-order chi connectivity index (χ1) is 9.38. The summed E-state index contributed by atoms with van der Waals surface area (Å²) >= 11 is 3.09. The zero-order valence-corrected chi connectivity index (χ0v) is 13.3. The standard InChI is InChI=1S/C13H17BrFNO3S/c14-10-3-6-13(12(15)7-10)20(18,19)16-8-9-1-4-11(17)5-2-9/h3,6-7,9,11,16-17H,1-2,4-5,8H2. The summed E-state index contributed by atoms with van der Waals surface area (Å²) in [4.78, 5) is -0.337. The molecule has 2 rings (SSSR count). The summed E-state index contributed by atoms with van der Waals surface area (Å²) in [6.45, 7) is 0.282. The molecule has 0 saturated heterocycles. The van der Waals surface area contributed by atoms with Crippen molar-refractivity contribution in [2.45, 2.75) is 36.7 Å². The van der Waals surface area contributed by atoms with E-state index in [1.807, 2.05) is 0 Å². The molecule has 1 aliphatic carbocycles. The molecule has 0 heterocycles. The Morgan fingerprint density at radius 1 is 1.30 bits per heavy atom. The number of nitrogens with one attached hydrogen (secondary N) is 1. The number of hydrogen-bond acceptors (Lipinski definition) is 3. The first-order valence-electron chi connectivity index (χ1n) is 6.51. The maximum Gasteiger partial charge on any atom is 0.243 e. The number of rotatable bonds is 4. The van der Waals surface area contributed by atoms with Gasteiger partial charge in [-0.1, -0.05) is 15.9 Å². The molecule has 4 nitrogen and oxygen atoms in total. The fraction of sp³-hybridized carbons (Fsp3) is 0.538. The average molecular weight is 366 g/mol. The van der Waals surface area contributed by atoms with E-state index >= 15 is 0 Å². The molecule has 0 aromatic heterocycles. The highest BCUT2D eigenvalue weighted by atomic mass is 79.9. The van der Waals surface area contributed by atoms with Gasteiger partial charge in [-0.05, 0) is 49.8 Å². The van der Waals surface area contributed by atoms with Crippen molar-refractivity contribution in [3.63, 3.8) is 0 Å². The van der Waals surface area contributed by atoms with E-state index in [1.165, 1.54) is 12.1 Å². The van der Waals surface area contributed by atoms with Crippen LogP contribution in [0.15, 0.2) is 27.6 Å². The number of aliphatic hydroxyl groups is 1. The van der Waals surface area contributed by atoms with Crippen LogP contribution >= 0.6 is 15.9 Å². The Morgan fingerprint density at radius 2 is 1.95 bits per heavy atom. The fourth-order valence-electron chi connectivity index (χ4n) is 2.35. The van der Waals surface area contributed by atoms with Gasteiger partial charge in [0.15, 0.2) is 0 Å². The highest BCUT2D eigenvalue weighted by Gasteiger charge is 2.23. The first kappa shape index (κ1) is 15.9. The second-order valence-corrected chi connectivity index (χ2v) is 7.75. The molecule has 0 atom stereocenters. The van der Waals surface area contributed by atoms with Gasteiger partial charge in [0.25, 0.3) is 0 Å². The fourth-order valence-corrected chi connectivity index (χ4v) is 3.85. The van der Waals surface area contributed by atoms with Crippen molar-refractivity contribution in [1.82, 2.24) is 4.72 Å². The number of halogens is 2. The molecule has 2 N–H and O–H groups in total. The van der Waals surface area contributed by atoms with Crippen LogP contribution in [0.1, 0.15) is 25.7 Å². The van der Waals surface area contributed by atoms with Gasteiger partial charge in [-0.15, -0.1) is 0 Å². The van der Waals surface area contributed by atoms with Gasteiger partial charge >= 0.3 is 0 Å². The van der Waals surface area contributed by atoms with Crippen LogP contribution in [0.4, 0.5) is 4.39 Å². The molecule has 0 amide bonds. The summed E-state index contributed by atoms with van der Waals surface area (Å²) in [7, 11) is -3.83. The Hall–Kier alpha value is -0.500. The van der Waals surface area contributed by atoms with Crippen LogP contribution in [-0.4, -0.2) is 26.2 Å². The zero-order valence-electron chi connectivity index (χ0n) is 10.9. The van der Waals surface area contributed by atoms with Gasteiger partial charge in [0.2, 0.25) is 10.0 Å². The maximum absolute atomic E-state index is 13.7. The third kappa shape index (κ3) is 4.00. The summed E-state index contributed by atoms with van der Waals surface area (Å²) in [6.07, 6.45) is 2.68. The molecule has 0 spiro atoms. The summed E-state index contributed by atoms with van der Waals surface area (Å²) in [6, 6.07) is 3.87. The highest BCUT2D eigenvalue weighted by Crippen LogP contribution is 2.24. The summed E-state index contributed by atoms with van der Waals surface area (Å²) in [5.74, 6) is -0.572. The summed E-state index contributed by atoms with van der Waals surface area (Å²) < 4.78 is 40.7. The summed E-state index contributed by atoms with van der Waals surface area (Å²) in [5, 5.41) is 9.40. The number of aliphatic hydroxyl groups excluding tert-OH is 1. The molecule has 0 bridgehead atoms. The van der Waals surface area contributed by atoms with Crippen LogP contribution in [0.2, 0.25) is 0 Å². The Morgan fingerprint density at radius 3 is 2.55 bits per heavy atom. The number of benzene rings is 1. The third-order valence-electron chi connectivity index (χ3n) is 3.56. The van der Waals surface area contributed by atoms with Crippen molar-refractivity contribution < 1.29 is 17.9 Å². The Bertz CT molecular complexity index is 571. The highest BCUT2D eigenvalue weighted by molar-refractivity contribution is 9.10. The van der Waals surface area contributed by atoms with Gasteiger partial charge in [-0.25, -0.2) is 17.5 Å². The molecule has 112 valence electrons. The van der Waals surface area contributed by atoms with Gasteiger partial charge < -0.3 is 5.11 Å². The topological polar surface area (TPSA) is 66.4 Å². The SMILES string of the molecule is O=S(=O)(NCC1CCC(O)CC1)c1ccc(Br)cc1F. The Kier molecular flexibility index (Phi) is 5.17. The van der Waals surface area contributed by atoms with Crippen molar-refractivity contribution in [3.8, 4) is 0 Å². The average Bonchev–Trinajstić information content (AvgIpc) is 2.37. The van der Waals surface area contributed by atoms with Crippen LogP contribution in [0.25, 0.3) is 0 Å². The van der Waals surface area contributed by atoms with Crippen molar-refractivity contribution >= 4 is 26.0 Å². The Labute approximate surface area is 126 Å². The molecule has 1 fully saturated rings. The van der Waals surface area contributed by atoms with Crippen LogP contribution in [0, 0.1) is 11.7 Å². The molecule has 0 radical (unpaired) electrons. The van der Waals surface area contributed by atoms with Gasteiger partial charge in [-0.3, -0.25) is 0 Å². The minimum atomic E-state index is -3.83. The van der Waals surface area contributed by atoms with Crippen molar-refractivity contribution in [2.24, 2.45) is 5.92 Å². The van der Waals surface area contributed by atoms with E-state index in [0.717, 1.165) is 18.9 Å². The molecule has 0 aliphatic heterocycles. The molecule has 1 saturated carbocycles. The van der Waals surface area contributed by atoms with Crippen LogP contribution < -0.4 is 4.72 Å². The number of hydrogen-bond donors (Lipinski definition) is 2. The van der Waals surface area contributed by atoms with Crippen molar-refractivity contribution in [1.29, 1.82) is 0 Å². The van der Waals surface area contributed by atoms with E-state index in [1.54, 1.807) is 0 Å². The second kappa shape index (κ2) is 6.51. The predicted octanol–water partition coefficient (Wildman–Crippen LogP) is 2.42. The molecular formula is C13H17BrFNO3S. The first-order valence-corrected chi connectivity index (χ1v) is 8.79. The lowest BCUT2D eigenvalue weighted by molar-refractivity contribution is 0.109. The molecule has 1 aromatic carbocycles. The van der Waals surface area contributed by atoms with E-state index < -0.39 is 15.8 Å². The smallest absolute Gasteiger partial charge is 0.243 e. The zero-order chi connectivity index (χ0) is 14.8. The van der Waals surface area contributed by atoms with Gasteiger partial charge in [0.1, 0.15) is 10.7 Å². The normalized spacial score (nSPS) is 23.8. The van der Waals surface area contributed by atoms with Gasteiger partial charge in [0.05, 0.1) is 6.10 Å². The summed E-state index contributed by atoms with van der Waals surface area (Å²) in [5.41, 5.74) is 0. The van der Waals surface area contributed by atoms with Crippen molar-refractivity contribution in [2.75, 3.05) is 6.54 Å². The minimum Gasteiger partial charge on any atom is -0.393 e. The van der Waals surface area contributed by atoms with E-state index in [4.69, 9.17) is 0 Å². The van der Waals surface area contributed by atoms with E-state index in [2.05, 4.69) is 20.7 Å². The molecule has 0 unspecified atom stereocenters. The van der Waals surface area contributed by atoms with Crippen LogP contribution in [0.3, 0.4) is 0 Å². The molecule has 7 heteroatoms. The lowest BCUT2D eigenvalue weighted by Crippen LogP contribution is -2.32. The molecule has 1 aromatic rings. The molecule has 1 aliphatic rings. The minimum absolute atomic E-state index is 0.201. The lowest BCUT2D eigenvalue weighted by atomic mass is 9.88. The quantitative estimate of drug-likeness (QED) is 0.860. The van der Waals surface area contributed by atoms with E-state index in [0.29, 0.717) is 17.3 Å². The van der Waals surface area contributed by atoms with E-state index in [-0.39, 0.29) is 23.5 Å². The lowest BCUT2D eigenvalue weighted by Gasteiger charge is -2.25.